The maximum Gasteiger partial charge on any atom is 0.410 e. The Balaban J connectivity index is 1.48. The van der Waals surface area contributed by atoms with Crippen LogP contribution < -0.4 is 0 Å². The molecule has 1 amide bonds. The number of amides is 1. The van der Waals surface area contributed by atoms with Crippen molar-refractivity contribution < 1.29 is 14.6 Å². The lowest BCUT2D eigenvalue weighted by Crippen LogP contribution is -2.52. The van der Waals surface area contributed by atoms with E-state index in [9.17, 15) is 9.90 Å². The molecule has 5 nitrogen and oxygen atoms in total. The number of aliphatic hydroxyl groups excluding tert-OH is 1. The zero-order valence-corrected chi connectivity index (χ0v) is 13.6. The molecule has 0 saturated carbocycles. The van der Waals surface area contributed by atoms with Gasteiger partial charge in [-0.25, -0.2) is 4.79 Å². The van der Waals surface area contributed by atoms with Crippen molar-refractivity contribution in [1.29, 1.82) is 0 Å². The molecule has 23 heavy (non-hydrogen) atoms. The van der Waals surface area contributed by atoms with Gasteiger partial charge in [0.25, 0.3) is 0 Å². The van der Waals surface area contributed by atoms with E-state index in [0.29, 0.717) is 12.6 Å². The summed E-state index contributed by atoms with van der Waals surface area (Å²) in [5.41, 5.74) is 1.01. The molecule has 0 bridgehead atoms. The summed E-state index contributed by atoms with van der Waals surface area (Å²) in [4.78, 5) is 16.6. The van der Waals surface area contributed by atoms with Gasteiger partial charge in [-0.15, -0.1) is 0 Å². The van der Waals surface area contributed by atoms with E-state index < -0.39 is 0 Å². The summed E-state index contributed by atoms with van der Waals surface area (Å²) in [6, 6.07) is 10.2. The van der Waals surface area contributed by atoms with Crippen LogP contribution in [0.4, 0.5) is 4.79 Å². The van der Waals surface area contributed by atoms with Crippen LogP contribution in [0.1, 0.15) is 31.2 Å². The number of hydrogen-bond donors (Lipinski definition) is 1. The molecular weight excluding hydrogens is 292 g/mol. The van der Waals surface area contributed by atoms with E-state index in [-0.39, 0.29) is 12.2 Å². The second-order valence-electron chi connectivity index (χ2n) is 6.55. The average molecular weight is 318 g/mol. The zero-order chi connectivity index (χ0) is 16.1. The fraction of sp³-hybridized carbons (Fsp3) is 0.611. The molecule has 3 rings (SSSR count). The van der Waals surface area contributed by atoms with Gasteiger partial charge in [0.15, 0.2) is 0 Å². The second-order valence-corrected chi connectivity index (χ2v) is 6.55. The Bertz CT molecular complexity index is 500. The van der Waals surface area contributed by atoms with Gasteiger partial charge in [0, 0.05) is 32.2 Å². The Labute approximate surface area is 137 Å². The van der Waals surface area contributed by atoms with Crippen molar-refractivity contribution in [2.24, 2.45) is 0 Å². The van der Waals surface area contributed by atoms with Crippen LogP contribution in [0.25, 0.3) is 0 Å². The Kier molecular flexibility index (Phi) is 5.51. The van der Waals surface area contributed by atoms with Crippen molar-refractivity contribution in [2.75, 3.05) is 26.2 Å². The van der Waals surface area contributed by atoms with Gasteiger partial charge in [0.1, 0.15) is 6.61 Å². The maximum atomic E-state index is 12.3. The highest BCUT2D eigenvalue weighted by molar-refractivity contribution is 5.67. The lowest BCUT2D eigenvalue weighted by atomic mass is 10.00. The summed E-state index contributed by atoms with van der Waals surface area (Å²) in [6.07, 6.45) is 3.46. The number of likely N-dealkylation sites (tertiary alicyclic amines) is 2. The molecule has 0 aromatic heterocycles. The fourth-order valence-electron chi connectivity index (χ4n) is 3.48. The van der Waals surface area contributed by atoms with Gasteiger partial charge in [-0.1, -0.05) is 30.3 Å². The molecule has 1 unspecified atom stereocenters. The number of carbonyl (C=O) groups is 1. The Morgan fingerprint density at radius 2 is 1.87 bits per heavy atom. The van der Waals surface area contributed by atoms with Crippen LogP contribution in [-0.2, 0) is 11.3 Å². The normalized spacial score (nSPS) is 23.7. The number of aliphatic hydroxyl groups is 1. The van der Waals surface area contributed by atoms with Crippen molar-refractivity contribution in [3.63, 3.8) is 0 Å². The first kappa shape index (κ1) is 16.3. The summed E-state index contributed by atoms with van der Waals surface area (Å²) in [5, 5.41) is 9.63. The number of ether oxygens (including phenoxy) is 1. The van der Waals surface area contributed by atoms with E-state index in [1.807, 2.05) is 35.2 Å². The quantitative estimate of drug-likeness (QED) is 0.929. The minimum Gasteiger partial charge on any atom is -0.445 e. The molecule has 2 saturated heterocycles. The van der Waals surface area contributed by atoms with Gasteiger partial charge >= 0.3 is 6.09 Å². The molecule has 1 aromatic rings. The number of rotatable bonds is 3. The van der Waals surface area contributed by atoms with Crippen LogP contribution in [0.15, 0.2) is 30.3 Å². The highest BCUT2D eigenvalue weighted by Gasteiger charge is 2.30. The molecule has 126 valence electrons. The van der Waals surface area contributed by atoms with E-state index in [2.05, 4.69) is 4.90 Å². The van der Waals surface area contributed by atoms with E-state index in [1.54, 1.807) is 0 Å². The number of nitrogens with zero attached hydrogens (tertiary/aromatic N) is 2. The minimum atomic E-state index is -0.212. The van der Waals surface area contributed by atoms with Crippen molar-refractivity contribution in [1.82, 2.24) is 9.80 Å². The minimum absolute atomic E-state index is 0.151. The van der Waals surface area contributed by atoms with Gasteiger partial charge in [0.2, 0.25) is 0 Å². The van der Waals surface area contributed by atoms with Crippen LogP contribution in [0, 0.1) is 0 Å². The highest BCUT2D eigenvalue weighted by atomic mass is 16.6. The Hall–Kier alpha value is -1.59. The zero-order valence-electron chi connectivity index (χ0n) is 13.6. The fourth-order valence-corrected chi connectivity index (χ4v) is 3.48. The first-order valence-electron chi connectivity index (χ1n) is 8.60. The molecule has 1 N–H and O–H groups in total. The lowest BCUT2D eigenvalue weighted by molar-refractivity contribution is 0.0274. The van der Waals surface area contributed by atoms with E-state index in [4.69, 9.17) is 4.74 Å². The monoisotopic (exact) mass is 318 g/mol. The van der Waals surface area contributed by atoms with Crippen molar-refractivity contribution >= 4 is 6.09 Å². The topological polar surface area (TPSA) is 53.0 Å². The van der Waals surface area contributed by atoms with Gasteiger partial charge in [0.05, 0.1) is 6.10 Å². The van der Waals surface area contributed by atoms with E-state index in [1.165, 1.54) is 0 Å². The third-order valence-electron chi connectivity index (χ3n) is 4.88. The lowest BCUT2D eigenvalue weighted by Gasteiger charge is -2.41. The Morgan fingerprint density at radius 1 is 1.13 bits per heavy atom. The SMILES string of the molecule is O=C(OCc1ccccc1)N1CCCC(N2CCC(O)CC2)C1. The Morgan fingerprint density at radius 3 is 2.61 bits per heavy atom. The molecule has 5 heteroatoms. The predicted molar refractivity (Wildman–Crippen MR) is 88.0 cm³/mol. The van der Waals surface area contributed by atoms with Gasteiger partial charge < -0.3 is 14.7 Å². The molecule has 1 atom stereocenters. The van der Waals surface area contributed by atoms with Crippen LogP contribution in [-0.4, -0.2) is 59.3 Å². The van der Waals surface area contributed by atoms with Crippen LogP contribution in [0.5, 0.6) is 0 Å². The molecule has 1 aromatic carbocycles. The predicted octanol–water partition coefficient (Wildman–Crippen LogP) is 2.24. The standard InChI is InChI=1S/C18H26N2O3/c21-17-8-11-19(12-9-17)16-7-4-10-20(13-16)18(22)23-14-15-5-2-1-3-6-15/h1-3,5-6,16-17,21H,4,7-14H2. The van der Waals surface area contributed by atoms with E-state index >= 15 is 0 Å². The summed E-state index contributed by atoms with van der Waals surface area (Å²) in [5.74, 6) is 0. The molecule has 0 aliphatic carbocycles. The summed E-state index contributed by atoms with van der Waals surface area (Å²) in [6.45, 7) is 3.71. The first-order chi connectivity index (χ1) is 11.2. The second kappa shape index (κ2) is 7.79. The summed E-state index contributed by atoms with van der Waals surface area (Å²) >= 11 is 0. The molecular formula is C18H26N2O3. The molecule has 0 radical (unpaired) electrons. The van der Waals surface area contributed by atoms with Crippen molar-refractivity contribution in [3.8, 4) is 0 Å². The highest BCUT2D eigenvalue weighted by Crippen LogP contribution is 2.21. The first-order valence-corrected chi connectivity index (χ1v) is 8.60. The van der Waals surface area contributed by atoms with Crippen LogP contribution in [0.3, 0.4) is 0 Å². The third-order valence-corrected chi connectivity index (χ3v) is 4.88. The van der Waals surface area contributed by atoms with Gasteiger partial charge in [-0.2, -0.15) is 0 Å². The van der Waals surface area contributed by atoms with Gasteiger partial charge in [-0.3, -0.25) is 4.90 Å². The smallest absolute Gasteiger partial charge is 0.410 e. The molecule has 0 spiro atoms. The summed E-state index contributed by atoms with van der Waals surface area (Å²) < 4.78 is 5.45. The van der Waals surface area contributed by atoms with Crippen LogP contribution in [0.2, 0.25) is 0 Å². The summed E-state index contributed by atoms with van der Waals surface area (Å²) in [7, 11) is 0. The molecule has 2 heterocycles. The molecule has 2 aliphatic rings. The number of piperidine rings is 2. The largest absolute Gasteiger partial charge is 0.445 e. The number of carbonyl (C=O) groups excluding carboxylic acids is 1. The van der Waals surface area contributed by atoms with Crippen molar-refractivity contribution in [2.45, 2.75) is 44.4 Å². The maximum absolute atomic E-state index is 12.3. The number of benzene rings is 1. The number of hydrogen-bond acceptors (Lipinski definition) is 4. The molecule has 2 aliphatic heterocycles. The van der Waals surface area contributed by atoms with Crippen LogP contribution >= 0.6 is 0 Å². The van der Waals surface area contributed by atoms with Gasteiger partial charge in [-0.05, 0) is 31.2 Å². The molecule has 2 fully saturated rings. The van der Waals surface area contributed by atoms with E-state index in [0.717, 1.165) is 57.4 Å². The third kappa shape index (κ3) is 4.45. The average Bonchev–Trinajstić information content (AvgIpc) is 2.61. The van der Waals surface area contributed by atoms with Crippen molar-refractivity contribution in [3.05, 3.63) is 35.9 Å².